The summed E-state index contributed by atoms with van der Waals surface area (Å²) in [6, 6.07) is 3.86. The summed E-state index contributed by atoms with van der Waals surface area (Å²) in [7, 11) is 0. The van der Waals surface area contributed by atoms with Crippen LogP contribution in [0.15, 0.2) is 23.3 Å². The molecule has 0 aromatic carbocycles. The molecule has 0 bridgehead atoms. The zero-order chi connectivity index (χ0) is 11.0. The van der Waals surface area contributed by atoms with Crippen molar-refractivity contribution in [1.82, 2.24) is 14.5 Å². The molecular weight excluding hydrogens is 192 g/mol. The van der Waals surface area contributed by atoms with Gasteiger partial charge in [0.2, 0.25) is 0 Å². The second-order valence-corrected chi connectivity index (χ2v) is 3.42. The highest BCUT2D eigenvalue weighted by Crippen LogP contribution is 2.15. The summed E-state index contributed by atoms with van der Waals surface area (Å²) in [6.45, 7) is 3.83. The van der Waals surface area contributed by atoms with Gasteiger partial charge in [0.15, 0.2) is 11.5 Å². The molecule has 5 heteroatoms. The molecule has 0 aliphatic rings. The van der Waals surface area contributed by atoms with Crippen molar-refractivity contribution in [3.05, 3.63) is 40.2 Å². The monoisotopic (exact) mass is 204 g/mol. The van der Waals surface area contributed by atoms with E-state index in [4.69, 9.17) is 5.73 Å². The van der Waals surface area contributed by atoms with E-state index >= 15 is 0 Å². The number of hydrogen-bond acceptors (Lipinski definition) is 3. The minimum atomic E-state index is -0.232. The summed E-state index contributed by atoms with van der Waals surface area (Å²) < 4.78 is 1.79. The van der Waals surface area contributed by atoms with Gasteiger partial charge in [-0.3, -0.25) is 4.79 Å². The number of hydrogen-bond donors (Lipinski definition) is 2. The van der Waals surface area contributed by atoms with Crippen molar-refractivity contribution in [2.75, 3.05) is 5.73 Å². The van der Waals surface area contributed by atoms with Crippen LogP contribution in [-0.2, 0) is 0 Å². The minimum absolute atomic E-state index is 0.232. The van der Waals surface area contributed by atoms with Crippen molar-refractivity contribution < 1.29 is 0 Å². The Morgan fingerprint density at radius 3 is 2.47 bits per heavy atom. The van der Waals surface area contributed by atoms with Crippen LogP contribution in [0.1, 0.15) is 11.4 Å². The van der Waals surface area contributed by atoms with Gasteiger partial charge in [-0.25, -0.2) is 4.98 Å². The van der Waals surface area contributed by atoms with Crippen LogP contribution in [0.25, 0.3) is 5.69 Å². The van der Waals surface area contributed by atoms with Crippen LogP contribution in [0.2, 0.25) is 0 Å². The van der Waals surface area contributed by atoms with Crippen LogP contribution in [0.4, 0.5) is 5.82 Å². The number of anilines is 1. The first kappa shape index (κ1) is 9.51. The van der Waals surface area contributed by atoms with E-state index in [9.17, 15) is 4.79 Å². The van der Waals surface area contributed by atoms with E-state index in [2.05, 4.69) is 9.97 Å². The fraction of sp³-hybridized carbons (Fsp3) is 0.200. The van der Waals surface area contributed by atoms with Crippen LogP contribution in [-0.4, -0.2) is 14.5 Å². The molecule has 0 saturated carbocycles. The first-order chi connectivity index (χ1) is 7.11. The standard InChI is InChI=1S/C10H12N4O/c1-6-3-4-7(2)14(6)8-9(11)12-5-13-10(8)15/h3-5H,1-2H3,(H3,11,12,13,15). The summed E-state index contributed by atoms with van der Waals surface area (Å²) in [5, 5.41) is 0. The number of nitrogen functional groups attached to an aromatic ring is 1. The van der Waals surface area contributed by atoms with Gasteiger partial charge in [-0.2, -0.15) is 0 Å². The van der Waals surface area contributed by atoms with Crippen molar-refractivity contribution in [2.45, 2.75) is 13.8 Å². The fourth-order valence-corrected chi connectivity index (χ4v) is 1.64. The summed E-state index contributed by atoms with van der Waals surface area (Å²) in [5.41, 5.74) is 7.77. The Morgan fingerprint density at radius 1 is 1.33 bits per heavy atom. The van der Waals surface area contributed by atoms with Crippen LogP contribution in [0.3, 0.4) is 0 Å². The number of rotatable bonds is 1. The molecule has 0 atom stereocenters. The summed E-state index contributed by atoms with van der Waals surface area (Å²) in [4.78, 5) is 18.0. The highest BCUT2D eigenvalue weighted by Gasteiger charge is 2.11. The van der Waals surface area contributed by atoms with Crippen molar-refractivity contribution in [2.24, 2.45) is 0 Å². The Labute approximate surface area is 86.6 Å². The second kappa shape index (κ2) is 3.27. The van der Waals surface area contributed by atoms with Crippen LogP contribution in [0.5, 0.6) is 0 Å². The Hall–Kier alpha value is -2.04. The molecule has 15 heavy (non-hydrogen) atoms. The largest absolute Gasteiger partial charge is 0.382 e. The lowest BCUT2D eigenvalue weighted by atomic mass is 10.4. The molecule has 5 nitrogen and oxygen atoms in total. The average Bonchev–Trinajstić information content (AvgIpc) is 2.49. The maximum absolute atomic E-state index is 11.6. The Kier molecular flexibility index (Phi) is 2.07. The van der Waals surface area contributed by atoms with Gasteiger partial charge < -0.3 is 15.3 Å². The van der Waals surface area contributed by atoms with E-state index < -0.39 is 0 Å². The molecule has 2 aromatic heterocycles. The lowest BCUT2D eigenvalue weighted by Gasteiger charge is -2.09. The van der Waals surface area contributed by atoms with E-state index in [0.717, 1.165) is 11.4 Å². The molecule has 0 radical (unpaired) electrons. The smallest absolute Gasteiger partial charge is 0.277 e. The van der Waals surface area contributed by atoms with E-state index in [-0.39, 0.29) is 11.4 Å². The second-order valence-electron chi connectivity index (χ2n) is 3.42. The number of aromatic nitrogens is 3. The molecule has 78 valence electrons. The lowest BCUT2D eigenvalue weighted by molar-refractivity contribution is 0.926. The predicted molar refractivity (Wildman–Crippen MR) is 58.1 cm³/mol. The highest BCUT2D eigenvalue weighted by atomic mass is 16.1. The summed E-state index contributed by atoms with van der Waals surface area (Å²) in [5.74, 6) is 0.237. The summed E-state index contributed by atoms with van der Waals surface area (Å²) >= 11 is 0. The maximum Gasteiger partial charge on any atom is 0.277 e. The third-order valence-corrected chi connectivity index (χ3v) is 2.35. The topological polar surface area (TPSA) is 76.7 Å². The van der Waals surface area contributed by atoms with Crippen molar-refractivity contribution in [1.29, 1.82) is 0 Å². The van der Waals surface area contributed by atoms with Crippen molar-refractivity contribution >= 4 is 5.82 Å². The first-order valence-corrected chi connectivity index (χ1v) is 4.59. The van der Waals surface area contributed by atoms with Crippen LogP contribution < -0.4 is 11.3 Å². The normalized spacial score (nSPS) is 10.5. The van der Waals surface area contributed by atoms with E-state index in [0.29, 0.717) is 5.69 Å². The van der Waals surface area contributed by atoms with Gasteiger partial charge >= 0.3 is 0 Å². The maximum atomic E-state index is 11.6. The average molecular weight is 204 g/mol. The molecule has 0 aliphatic carbocycles. The fourth-order valence-electron chi connectivity index (χ4n) is 1.64. The number of aryl methyl sites for hydroxylation is 2. The van der Waals surface area contributed by atoms with Gasteiger partial charge in [0, 0.05) is 11.4 Å². The Balaban J connectivity index is 2.80. The summed E-state index contributed by atoms with van der Waals surface area (Å²) in [6.07, 6.45) is 1.30. The van der Waals surface area contributed by atoms with Gasteiger partial charge in [-0.1, -0.05) is 0 Å². The molecule has 0 saturated heterocycles. The molecule has 2 heterocycles. The van der Waals surface area contributed by atoms with E-state index in [1.807, 2.05) is 26.0 Å². The van der Waals surface area contributed by atoms with Crippen LogP contribution >= 0.6 is 0 Å². The van der Waals surface area contributed by atoms with Crippen molar-refractivity contribution in [3.63, 3.8) is 0 Å². The molecular formula is C10H12N4O. The number of aromatic amines is 1. The third kappa shape index (κ3) is 1.41. The highest BCUT2D eigenvalue weighted by molar-refractivity contribution is 5.52. The Morgan fingerprint density at radius 2 is 1.93 bits per heavy atom. The molecule has 0 unspecified atom stereocenters. The van der Waals surface area contributed by atoms with E-state index in [1.165, 1.54) is 6.33 Å². The van der Waals surface area contributed by atoms with Gasteiger partial charge in [-0.15, -0.1) is 0 Å². The molecule has 2 rings (SSSR count). The van der Waals surface area contributed by atoms with Gasteiger partial charge in [0.25, 0.3) is 5.56 Å². The van der Waals surface area contributed by atoms with Crippen LogP contribution in [0, 0.1) is 13.8 Å². The molecule has 0 aliphatic heterocycles. The van der Waals surface area contributed by atoms with Gasteiger partial charge in [0.05, 0.1) is 6.33 Å². The zero-order valence-corrected chi connectivity index (χ0v) is 8.61. The first-order valence-electron chi connectivity index (χ1n) is 4.59. The van der Waals surface area contributed by atoms with E-state index in [1.54, 1.807) is 4.57 Å². The lowest BCUT2D eigenvalue weighted by Crippen LogP contribution is -2.19. The van der Waals surface area contributed by atoms with Gasteiger partial charge in [0.1, 0.15) is 0 Å². The number of nitrogens with two attached hydrogens (primary N) is 1. The predicted octanol–water partition coefficient (Wildman–Crippen LogP) is 0.760. The van der Waals surface area contributed by atoms with Crippen molar-refractivity contribution in [3.8, 4) is 5.69 Å². The number of H-pyrrole nitrogens is 1. The number of nitrogens with one attached hydrogen (secondary N) is 1. The Bertz CT molecular complexity index is 533. The molecule has 0 fully saturated rings. The molecule has 0 spiro atoms. The minimum Gasteiger partial charge on any atom is -0.382 e. The number of nitrogens with zero attached hydrogens (tertiary/aromatic N) is 2. The van der Waals surface area contributed by atoms with Gasteiger partial charge in [-0.05, 0) is 26.0 Å². The molecule has 3 N–H and O–H groups in total. The third-order valence-electron chi connectivity index (χ3n) is 2.35. The molecule has 2 aromatic rings. The quantitative estimate of drug-likeness (QED) is 0.720. The SMILES string of the molecule is Cc1ccc(C)n1-c1c(N)nc[nH]c1=O. The molecule has 0 amide bonds. The zero-order valence-electron chi connectivity index (χ0n) is 8.61.